The van der Waals surface area contributed by atoms with Gasteiger partial charge in [0, 0.05) is 6.54 Å². The molecule has 2 amide bonds. The van der Waals surface area contributed by atoms with Crippen LogP contribution in [0.25, 0.3) is 5.69 Å². The highest BCUT2D eigenvalue weighted by Crippen LogP contribution is 2.36. The SMILES string of the molecule is CCNC(=O)NC1(c2nnnn2-c2ccc(C(=O)OCC)cc2)CCCCC1. The molecule has 1 aromatic carbocycles. The first kappa shape index (κ1) is 19.8. The molecule has 1 aliphatic carbocycles. The minimum absolute atomic E-state index is 0.225. The predicted molar refractivity (Wildman–Crippen MR) is 102 cm³/mol. The number of hydrogen-bond donors (Lipinski definition) is 2. The highest BCUT2D eigenvalue weighted by Gasteiger charge is 2.40. The van der Waals surface area contributed by atoms with Crippen LogP contribution in [0.15, 0.2) is 24.3 Å². The van der Waals surface area contributed by atoms with Crippen LogP contribution in [0.1, 0.15) is 62.1 Å². The number of hydrogen-bond acceptors (Lipinski definition) is 6. The largest absolute Gasteiger partial charge is 0.462 e. The van der Waals surface area contributed by atoms with E-state index in [1.54, 1.807) is 35.9 Å². The lowest BCUT2D eigenvalue weighted by molar-refractivity contribution is 0.0526. The van der Waals surface area contributed by atoms with Gasteiger partial charge < -0.3 is 15.4 Å². The van der Waals surface area contributed by atoms with Crippen LogP contribution in [0.3, 0.4) is 0 Å². The summed E-state index contributed by atoms with van der Waals surface area (Å²) in [6.07, 6.45) is 4.63. The Morgan fingerprint density at radius 2 is 1.86 bits per heavy atom. The van der Waals surface area contributed by atoms with Crippen molar-refractivity contribution in [2.45, 2.75) is 51.5 Å². The van der Waals surface area contributed by atoms with Crippen LogP contribution in [0.2, 0.25) is 0 Å². The van der Waals surface area contributed by atoms with Crippen molar-refractivity contribution in [1.82, 2.24) is 30.8 Å². The average Bonchev–Trinajstić information content (AvgIpc) is 3.20. The molecule has 0 atom stereocenters. The number of nitrogens with one attached hydrogen (secondary N) is 2. The summed E-state index contributed by atoms with van der Waals surface area (Å²) in [6.45, 7) is 4.52. The van der Waals surface area contributed by atoms with Crippen LogP contribution in [-0.4, -0.2) is 45.4 Å². The van der Waals surface area contributed by atoms with Crippen LogP contribution >= 0.6 is 0 Å². The first-order valence-electron chi connectivity index (χ1n) is 9.72. The minimum atomic E-state index is -0.624. The van der Waals surface area contributed by atoms with E-state index in [0.717, 1.165) is 37.8 Å². The Kier molecular flexibility index (Phi) is 6.23. The molecule has 0 bridgehead atoms. The molecule has 3 rings (SSSR count). The molecule has 0 aliphatic heterocycles. The van der Waals surface area contributed by atoms with Crippen molar-refractivity contribution >= 4 is 12.0 Å². The Balaban J connectivity index is 1.92. The smallest absolute Gasteiger partial charge is 0.338 e. The molecular formula is C19H26N6O3. The number of rotatable bonds is 6. The van der Waals surface area contributed by atoms with Crippen LogP contribution in [0.4, 0.5) is 4.79 Å². The Labute approximate surface area is 163 Å². The van der Waals surface area contributed by atoms with E-state index in [1.807, 2.05) is 6.92 Å². The van der Waals surface area contributed by atoms with Crippen molar-refractivity contribution < 1.29 is 14.3 Å². The number of carbonyl (C=O) groups is 2. The molecule has 1 fully saturated rings. The number of aromatic nitrogens is 4. The van der Waals surface area contributed by atoms with E-state index in [0.29, 0.717) is 24.5 Å². The van der Waals surface area contributed by atoms with Gasteiger partial charge in [-0.15, -0.1) is 5.10 Å². The van der Waals surface area contributed by atoms with E-state index >= 15 is 0 Å². The van der Waals surface area contributed by atoms with Crippen molar-refractivity contribution in [3.05, 3.63) is 35.7 Å². The van der Waals surface area contributed by atoms with Crippen LogP contribution < -0.4 is 10.6 Å². The molecule has 9 heteroatoms. The number of tetrazole rings is 1. The van der Waals surface area contributed by atoms with E-state index in [4.69, 9.17) is 4.74 Å². The van der Waals surface area contributed by atoms with Gasteiger partial charge in [0.25, 0.3) is 0 Å². The van der Waals surface area contributed by atoms with E-state index in [2.05, 4.69) is 26.2 Å². The fourth-order valence-electron chi connectivity index (χ4n) is 3.59. The van der Waals surface area contributed by atoms with Gasteiger partial charge in [-0.05, 0) is 61.4 Å². The molecule has 2 aromatic rings. The Morgan fingerprint density at radius 3 is 2.50 bits per heavy atom. The number of nitrogens with zero attached hydrogens (tertiary/aromatic N) is 4. The van der Waals surface area contributed by atoms with E-state index in [9.17, 15) is 9.59 Å². The number of urea groups is 1. The Bertz CT molecular complexity index is 811. The molecule has 0 radical (unpaired) electrons. The Hall–Kier alpha value is -2.97. The van der Waals surface area contributed by atoms with E-state index in [-0.39, 0.29) is 12.0 Å². The molecule has 1 heterocycles. The lowest BCUT2D eigenvalue weighted by atomic mass is 9.81. The topological polar surface area (TPSA) is 111 Å². The van der Waals surface area contributed by atoms with Crippen molar-refractivity contribution in [2.75, 3.05) is 13.2 Å². The summed E-state index contributed by atoms with van der Waals surface area (Å²) in [5, 5.41) is 18.1. The molecule has 1 aromatic heterocycles. The molecule has 9 nitrogen and oxygen atoms in total. The Morgan fingerprint density at radius 1 is 1.14 bits per heavy atom. The second-order valence-corrected chi connectivity index (χ2v) is 6.81. The average molecular weight is 386 g/mol. The second-order valence-electron chi connectivity index (χ2n) is 6.81. The first-order valence-corrected chi connectivity index (χ1v) is 9.72. The first-order chi connectivity index (χ1) is 13.6. The summed E-state index contributed by atoms with van der Waals surface area (Å²) in [7, 11) is 0. The molecule has 0 spiro atoms. The number of benzene rings is 1. The van der Waals surface area contributed by atoms with Gasteiger partial charge in [0.05, 0.1) is 17.9 Å². The third-order valence-electron chi connectivity index (χ3n) is 4.92. The summed E-state index contributed by atoms with van der Waals surface area (Å²) in [5.74, 6) is 0.231. The summed E-state index contributed by atoms with van der Waals surface area (Å²) in [6, 6.07) is 6.69. The fraction of sp³-hybridized carbons (Fsp3) is 0.526. The predicted octanol–water partition coefficient (Wildman–Crippen LogP) is 2.32. The maximum Gasteiger partial charge on any atom is 0.338 e. The number of carbonyl (C=O) groups excluding carboxylic acids is 2. The molecule has 28 heavy (non-hydrogen) atoms. The second kappa shape index (κ2) is 8.81. The lowest BCUT2D eigenvalue weighted by Crippen LogP contribution is -2.52. The van der Waals surface area contributed by atoms with Crippen molar-refractivity contribution in [2.24, 2.45) is 0 Å². The molecular weight excluding hydrogens is 360 g/mol. The summed E-state index contributed by atoms with van der Waals surface area (Å²) in [4.78, 5) is 24.2. The van der Waals surface area contributed by atoms with Gasteiger partial charge in [0.2, 0.25) is 0 Å². The van der Waals surface area contributed by atoms with Gasteiger partial charge in [-0.25, -0.2) is 9.59 Å². The van der Waals surface area contributed by atoms with Crippen molar-refractivity contribution in [3.8, 4) is 5.69 Å². The van der Waals surface area contributed by atoms with Crippen molar-refractivity contribution in [3.63, 3.8) is 0 Å². The lowest BCUT2D eigenvalue weighted by Gasteiger charge is -2.36. The summed E-state index contributed by atoms with van der Waals surface area (Å²) in [5.41, 5.74) is 0.560. The van der Waals surface area contributed by atoms with Crippen LogP contribution in [0.5, 0.6) is 0 Å². The fourth-order valence-corrected chi connectivity index (χ4v) is 3.59. The maximum atomic E-state index is 12.3. The number of amides is 2. The van der Waals surface area contributed by atoms with Gasteiger partial charge in [-0.3, -0.25) is 0 Å². The zero-order valence-corrected chi connectivity index (χ0v) is 16.3. The zero-order chi connectivity index (χ0) is 20.0. The molecule has 1 aliphatic rings. The molecule has 0 saturated heterocycles. The monoisotopic (exact) mass is 386 g/mol. The summed E-state index contributed by atoms with van der Waals surface area (Å²) >= 11 is 0. The van der Waals surface area contributed by atoms with Gasteiger partial charge in [-0.1, -0.05) is 19.3 Å². The van der Waals surface area contributed by atoms with Gasteiger partial charge in [-0.2, -0.15) is 4.68 Å². The zero-order valence-electron chi connectivity index (χ0n) is 16.3. The molecule has 2 N–H and O–H groups in total. The summed E-state index contributed by atoms with van der Waals surface area (Å²) < 4.78 is 6.65. The van der Waals surface area contributed by atoms with Crippen molar-refractivity contribution in [1.29, 1.82) is 0 Å². The standard InChI is InChI=1S/C19H26N6O3/c1-3-20-18(27)21-19(12-6-5-7-13-19)17-22-23-24-25(17)15-10-8-14(9-11-15)16(26)28-4-2/h8-11H,3-7,12-13H2,1-2H3,(H2,20,21,27). The third-order valence-corrected chi connectivity index (χ3v) is 4.92. The van der Waals surface area contributed by atoms with E-state index in [1.165, 1.54) is 0 Å². The maximum absolute atomic E-state index is 12.3. The van der Waals surface area contributed by atoms with Crippen LogP contribution in [0, 0.1) is 0 Å². The van der Waals surface area contributed by atoms with E-state index < -0.39 is 5.54 Å². The molecule has 150 valence electrons. The number of ether oxygens (including phenoxy) is 1. The molecule has 1 saturated carbocycles. The van der Waals surface area contributed by atoms with Gasteiger partial charge in [0.15, 0.2) is 5.82 Å². The third kappa shape index (κ3) is 4.13. The quantitative estimate of drug-likeness (QED) is 0.737. The molecule has 0 unspecified atom stereocenters. The van der Waals surface area contributed by atoms with Gasteiger partial charge in [0.1, 0.15) is 5.54 Å². The highest BCUT2D eigenvalue weighted by molar-refractivity contribution is 5.89. The van der Waals surface area contributed by atoms with Gasteiger partial charge >= 0.3 is 12.0 Å². The highest BCUT2D eigenvalue weighted by atomic mass is 16.5. The normalized spacial score (nSPS) is 15.6. The number of esters is 1. The van der Waals surface area contributed by atoms with Crippen LogP contribution in [-0.2, 0) is 10.3 Å². The minimum Gasteiger partial charge on any atom is -0.462 e.